The highest BCUT2D eigenvalue weighted by molar-refractivity contribution is 5.44. The van der Waals surface area contributed by atoms with Gasteiger partial charge in [-0.15, -0.1) is 0 Å². The molecule has 2 rings (SSSR count). The fourth-order valence-corrected chi connectivity index (χ4v) is 2.21. The van der Waals surface area contributed by atoms with Gasteiger partial charge in [0.1, 0.15) is 0 Å². The van der Waals surface area contributed by atoms with E-state index in [1.165, 1.54) is 35.1 Å². The Balaban J connectivity index is 2.25. The Kier molecular flexibility index (Phi) is 2.83. The van der Waals surface area contributed by atoms with Crippen LogP contribution in [0.2, 0.25) is 0 Å². The van der Waals surface area contributed by atoms with Gasteiger partial charge in [-0.25, -0.2) is 0 Å². The van der Waals surface area contributed by atoms with Crippen molar-refractivity contribution in [2.75, 3.05) is 6.61 Å². The average Bonchev–Trinajstić information content (AvgIpc) is 2.99. The van der Waals surface area contributed by atoms with Gasteiger partial charge in [0.05, 0.1) is 12.7 Å². The molecule has 1 aromatic rings. The van der Waals surface area contributed by atoms with Crippen LogP contribution in [-0.4, -0.2) is 12.7 Å². The molecule has 0 amide bonds. The lowest BCUT2D eigenvalue weighted by atomic mass is 9.91. The van der Waals surface area contributed by atoms with Crippen LogP contribution in [0.5, 0.6) is 0 Å². The van der Waals surface area contributed by atoms with E-state index in [0.29, 0.717) is 6.10 Å². The lowest BCUT2D eigenvalue weighted by Crippen LogP contribution is -2.01. The fraction of sp³-hybridized carbons (Fsp3) is 0.571. The molecule has 1 nitrogen and oxygen atoms in total. The van der Waals surface area contributed by atoms with Crippen molar-refractivity contribution < 1.29 is 4.74 Å². The standard InChI is InChI=1S/C14H20O/c1-9-7-10(2)12(4)14(11(9)3)6-5-13-8-15-13/h7,13H,5-6,8H2,1-4H3. The van der Waals surface area contributed by atoms with Gasteiger partial charge >= 0.3 is 0 Å². The van der Waals surface area contributed by atoms with E-state index in [2.05, 4.69) is 33.8 Å². The van der Waals surface area contributed by atoms with E-state index in [0.717, 1.165) is 6.61 Å². The first-order valence-electron chi connectivity index (χ1n) is 5.77. The molecule has 1 aromatic carbocycles. The molecule has 0 radical (unpaired) electrons. The lowest BCUT2D eigenvalue weighted by molar-refractivity contribution is 0.396. The quantitative estimate of drug-likeness (QED) is 0.688. The summed E-state index contributed by atoms with van der Waals surface area (Å²) in [7, 11) is 0. The highest BCUT2D eigenvalue weighted by Crippen LogP contribution is 2.25. The number of ether oxygens (including phenoxy) is 1. The Labute approximate surface area is 92.5 Å². The van der Waals surface area contributed by atoms with E-state index >= 15 is 0 Å². The van der Waals surface area contributed by atoms with Crippen LogP contribution in [0.4, 0.5) is 0 Å². The van der Waals surface area contributed by atoms with Gasteiger partial charge in [0.2, 0.25) is 0 Å². The van der Waals surface area contributed by atoms with Gasteiger partial charge < -0.3 is 4.74 Å². The smallest absolute Gasteiger partial charge is 0.0813 e. The highest BCUT2D eigenvalue weighted by atomic mass is 16.6. The van der Waals surface area contributed by atoms with Gasteiger partial charge in [0.25, 0.3) is 0 Å². The van der Waals surface area contributed by atoms with Crippen molar-refractivity contribution in [3.05, 3.63) is 33.9 Å². The molecule has 0 N–H and O–H groups in total. The zero-order valence-electron chi connectivity index (χ0n) is 10.2. The molecule has 1 saturated heterocycles. The van der Waals surface area contributed by atoms with Crippen LogP contribution >= 0.6 is 0 Å². The van der Waals surface area contributed by atoms with E-state index in [4.69, 9.17) is 4.74 Å². The second-order valence-corrected chi connectivity index (χ2v) is 4.73. The molecule has 1 aliphatic heterocycles. The highest BCUT2D eigenvalue weighted by Gasteiger charge is 2.22. The minimum Gasteiger partial charge on any atom is -0.373 e. The van der Waals surface area contributed by atoms with Gasteiger partial charge in [0.15, 0.2) is 0 Å². The number of benzene rings is 1. The van der Waals surface area contributed by atoms with E-state index in [1.807, 2.05) is 0 Å². The summed E-state index contributed by atoms with van der Waals surface area (Å²) in [4.78, 5) is 0. The molecule has 1 aliphatic rings. The zero-order valence-corrected chi connectivity index (χ0v) is 10.2. The first-order valence-corrected chi connectivity index (χ1v) is 5.77. The summed E-state index contributed by atoms with van der Waals surface area (Å²) in [6.45, 7) is 9.87. The Morgan fingerprint density at radius 2 is 1.67 bits per heavy atom. The minimum atomic E-state index is 0.546. The van der Waals surface area contributed by atoms with Crippen LogP contribution in [-0.2, 0) is 11.2 Å². The number of epoxide rings is 1. The van der Waals surface area contributed by atoms with Gasteiger partial charge in [-0.3, -0.25) is 0 Å². The van der Waals surface area contributed by atoms with Gasteiger partial charge in [0, 0.05) is 0 Å². The fourth-order valence-electron chi connectivity index (χ4n) is 2.21. The van der Waals surface area contributed by atoms with Crippen molar-refractivity contribution in [2.24, 2.45) is 0 Å². The first-order chi connectivity index (χ1) is 7.09. The molecule has 1 heterocycles. The van der Waals surface area contributed by atoms with E-state index < -0.39 is 0 Å². The maximum Gasteiger partial charge on any atom is 0.0813 e. The molecule has 1 heteroatoms. The summed E-state index contributed by atoms with van der Waals surface area (Å²) in [6, 6.07) is 2.29. The third kappa shape index (κ3) is 2.23. The zero-order chi connectivity index (χ0) is 11.0. The molecule has 0 spiro atoms. The minimum absolute atomic E-state index is 0.546. The number of aryl methyl sites for hydroxylation is 2. The largest absolute Gasteiger partial charge is 0.373 e. The van der Waals surface area contributed by atoms with E-state index in [1.54, 1.807) is 5.56 Å². The van der Waals surface area contributed by atoms with Crippen molar-refractivity contribution in [3.63, 3.8) is 0 Å². The Hall–Kier alpha value is -0.820. The van der Waals surface area contributed by atoms with Crippen LogP contribution in [0, 0.1) is 27.7 Å². The predicted octanol–water partition coefficient (Wildman–Crippen LogP) is 3.25. The molecule has 15 heavy (non-hydrogen) atoms. The molecule has 82 valence electrons. The van der Waals surface area contributed by atoms with Crippen LogP contribution in [0.3, 0.4) is 0 Å². The van der Waals surface area contributed by atoms with Crippen molar-refractivity contribution in [2.45, 2.75) is 46.6 Å². The molecule has 0 aromatic heterocycles. The van der Waals surface area contributed by atoms with Gasteiger partial charge in [-0.1, -0.05) is 6.07 Å². The molecule has 0 saturated carbocycles. The van der Waals surface area contributed by atoms with Gasteiger partial charge in [-0.2, -0.15) is 0 Å². The Morgan fingerprint density at radius 1 is 1.13 bits per heavy atom. The normalized spacial score (nSPS) is 19.3. The summed E-state index contributed by atoms with van der Waals surface area (Å²) in [5, 5.41) is 0. The van der Waals surface area contributed by atoms with Crippen LogP contribution in [0.1, 0.15) is 34.2 Å². The summed E-state index contributed by atoms with van der Waals surface area (Å²) >= 11 is 0. The SMILES string of the molecule is Cc1cc(C)c(C)c(CCC2CO2)c1C. The summed E-state index contributed by atoms with van der Waals surface area (Å²) in [5.74, 6) is 0. The molecule has 0 aliphatic carbocycles. The number of hydrogen-bond acceptors (Lipinski definition) is 1. The first kappa shape index (κ1) is 10.7. The van der Waals surface area contributed by atoms with Crippen LogP contribution in [0.25, 0.3) is 0 Å². The van der Waals surface area contributed by atoms with Crippen molar-refractivity contribution in [3.8, 4) is 0 Å². The maximum absolute atomic E-state index is 5.27. The van der Waals surface area contributed by atoms with E-state index in [-0.39, 0.29) is 0 Å². The number of hydrogen-bond donors (Lipinski definition) is 0. The average molecular weight is 204 g/mol. The van der Waals surface area contributed by atoms with Crippen molar-refractivity contribution in [1.82, 2.24) is 0 Å². The molecular formula is C14H20O. The van der Waals surface area contributed by atoms with Gasteiger partial charge in [-0.05, 0) is 68.4 Å². The maximum atomic E-state index is 5.27. The number of rotatable bonds is 3. The van der Waals surface area contributed by atoms with Crippen molar-refractivity contribution >= 4 is 0 Å². The van der Waals surface area contributed by atoms with Crippen molar-refractivity contribution in [1.29, 1.82) is 0 Å². The molecule has 1 fully saturated rings. The Morgan fingerprint density at radius 3 is 2.13 bits per heavy atom. The summed E-state index contributed by atoms with van der Waals surface area (Å²) in [5.41, 5.74) is 7.33. The third-order valence-corrected chi connectivity index (χ3v) is 3.64. The molecular weight excluding hydrogens is 184 g/mol. The van der Waals surface area contributed by atoms with Crippen LogP contribution < -0.4 is 0 Å². The molecule has 1 unspecified atom stereocenters. The second-order valence-electron chi connectivity index (χ2n) is 4.73. The summed E-state index contributed by atoms with van der Waals surface area (Å²) < 4.78 is 5.27. The molecule has 0 bridgehead atoms. The van der Waals surface area contributed by atoms with Crippen LogP contribution in [0.15, 0.2) is 6.07 Å². The monoisotopic (exact) mass is 204 g/mol. The lowest BCUT2D eigenvalue weighted by Gasteiger charge is -2.14. The Bertz CT molecular complexity index is 349. The predicted molar refractivity (Wildman–Crippen MR) is 63.5 cm³/mol. The van der Waals surface area contributed by atoms with E-state index in [9.17, 15) is 0 Å². The third-order valence-electron chi connectivity index (χ3n) is 3.64. The molecule has 1 atom stereocenters. The summed E-state index contributed by atoms with van der Waals surface area (Å²) in [6.07, 6.45) is 2.90. The topological polar surface area (TPSA) is 12.5 Å². The second kappa shape index (κ2) is 3.97.